The second-order valence-corrected chi connectivity index (χ2v) is 9.21. The number of ether oxygens (including phenoxy) is 1. The van der Waals surface area contributed by atoms with Crippen molar-refractivity contribution in [2.45, 2.75) is 32.2 Å². The molecule has 38 heavy (non-hydrogen) atoms. The van der Waals surface area contributed by atoms with Gasteiger partial charge in [-0.25, -0.2) is 9.69 Å². The van der Waals surface area contributed by atoms with Gasteiger partial charge in [-0.1, -0.05) is 48.0 Å². The smallest absolute Gasteiger partial charge is 0.303 e. The SMILES string of the molecule is COc1ccc(C2=NN(C(=O)CCC(=O)O)[C@H](c3cn(-c4ccccc4)nc3-c3ccc(C)cc3)C2)cc1. The van der Waals surface area contributed by atoms with Crippen LogP contribution in [0.3, 0.4) is 0 Å². The summed E-state index contributed by atoms with van der Waals surface area (Å²) in [4.78, 5) is 24.5. The van der Waals surface area contributed by atoms with E-state index in [0.29, 0.717) is 6.42 Å². The molecule has 0 aliphatic carbocycles. The number of nitrogens with zero attached hydrogens (tertiary/aromatic N) is 4. The Morgan fingerprint density at radius 3 is 2.29 bits per heavy atom. The van der Waals surface area contributed by atoms with E-state index in [1.807, 2.05) is 96.7 Å². The molecule has 1 atom stereocenters. The number of carbonyl (C=O) groups is 2. The quantitative estimate of drug-likeness (QED) is 0.344. The molecule has 8 heteroatoms. The highest BCUT2D eigenvalue weighted by molar-refractivity contribution is 6.03. The van der Waals surface area contributed by atoms with Crippen LogP contribution in [0, 0.1) is 6.92 Å². The molecular formula is C30H28N4O4. The van der Waals surface area contributed by atoms with Crippen LogP contribution in [0.4, 0.5) is 0 Å². The van der Waals surface area contributed by atoms with Crippen LogP contribution in [-0.2, 0) is 9.59 Å². The minimum atomic E-state index is -1.02. The van der Waals surface area contributed by atoms with Crippen LogP contribution in [-0.4, -0.2) is 44.6 Å². The first-order valence-electron chi connectivity index (χ1n) is 12.4. The average Bonchev–Trinajstić information content (AvgIpc) is 3.58. The molecule has 2 heterocycles. The van der Waals surface area contributed by atoms with Crippen LogP contribution in [0.2, 0.25) is 0 Å². The molecule has 0 fully saturated rings. The number of carbonyl (C=O) groups excluding carboxylic acids is 1. The van der Waals surface area contributed by atoms with Gasteiger partial charge in [0.05, 0.1) is 36.7 Å². The van der Waals surface area contributed by atoms with Gasteiger partial charge in [-0.15, -0.1) is 0 Å². The topological polar surface area (TPSA) is 97.0 Å². The zero-order chi connectivity index (χ0) is 26.6. The first-order chi connectivity index (χ1) is 18.4. The monoisotopic (exact) mass is 508 g/mol. The van der Waals surface area contributed by atoms with E-state index in [1.165, 1.54) is 5.01 Å². The second-order valence-electron chi connectivity index (χ2n) is 9.21. The summed E-state index contributed by atoms with van der Waals surface area (Å²) in [5, 5.41) is 20.3. The van der Waals surface area contributed by atoms with E-state index in [2.05, 4.69) is 0 Å². The molecular weight excluding hydrogens is 480 g/mol. The van der Waals surface area contributed by atoms with E-state index in [1.54, 1.807) is 7.11 Å². The number of hydrogen-bond donors (Lipinski definition) is 1. The van der Waals surface area contributed by atoms with Gasteiger partial charge in [0.2, 0.25) is 5.91 Å². The van der Waals surface area contributed by atoms with Crippen molar-refractivity contribution in [1.29, 1.82) is 0 Å². The van der Waals surface area contributed by atoms with Crippen molar-refractivity contribution in [2.75, 3.05) is 7.11 Å². The Morgan fingerprint density at radius 2 is 1.63 bits per heavy atom. The molecule has 1 aliphatic heterocycles. The molecule has 1 amide bonds. The molecule has 5 rings (SSSR count). The van der Waals surface area contributed by atoms with Gasteiger partial charge in [-0.2, -0.15) is 10.2 Å². The van der Waals surface area contributed by atoms with E-state index in [4.69, 9.17) is 14.9 Å². The first-order valence-corrected chi connectivity index (χ1v) is 12.4. The zero-order valence-electron chi connectivity index (χ0n) is 21.2. The number of carboxylic acid groups (broad SMARTS) is 1. The second kappa shape index (κ2) is 10.7. The molecule has 3 aromatic carbocycles. The fourth-order valence-corrected chi connectivity index (χ4v) is 4.55. The lowest BCUT2D eigenvalue weighted by molar-refractivity contribution is -0.141. The highest BCUT2D eigenvalue weighted by Gasteiger charge is 2.36. The molecule has 0 unspecified atom stereocenters. The normalized spacial score (nSPS) is 14.8. The highest BCUT2D eigenvalue weighted by atomic mass is 16.5. The van der Waals surface area contributed by atoms with Crippen LogP contribution in [0.1, 0.15) is 42.0 Å². The summed E-state index contributed by atoms with van der Waals surface area (Å²) in [5.41, 5.74) is 6.16. The molecule has 192 valence electrons. The summed E-state index contributed by atoms with van der Waals surface area (Å²) in [7, 11) is 1.61. The molecule has 0 radical (unpaired) electrons. The summed E-state index contributed by atoms with van der Waals surface area (Å²) in [6.07, 6.45) is 2.01. The van der Waals surface area contributed by atoms with E-state index in [0.717, 1.165) is 45.1 Å². The van der Waals surface area contributed by atoms with Crippen molar-refractivity contribution in [2.24, 2.45) is 5.10 Å². The average molecular weight is 509 g/mol. The van der Waals surface area contributed by atoms with Gasteiger partial charge in [0, 0.05) is 30.2 Å². The van der Waals surface area contributed by atoms with Crippen LogP contribution in [0.5, 0.6) is 5.75 Å². The number of hydrazone groups is 1. The maximum Gasteiger partial charge on any atom is 0.303 e. The van der Waals surface area contributed by atoms with E-state index in [9.17, 15) is 14.7 Å². The Bertz CT molecular complexity index is 1480. The number of hydrogen-bond acceptors (Lipinski definition) is 5. The number of benzene rings is 3. The predicted octanol–water partition coefficient (Wildman–Crippen LogP) is 5.40. The number of amides is 1. The highest BCUT2D eigenvalue weighted by Crippen LogP contribution is 2.39. The van der Waals surface area contributed by atoms with Crippen molar-refractivity contribution in [1.82, 2.24) is 14.8 Å². The van der Waals surface area contributed by atoms with Crippen LogP contribution in [0.25, 0.3) is 16.9 Å². The fraction of sp³-hybridized carbons (Fsp3) is 0.200. The largest absolute Gasteiger partial charge is 0.497 e. The zero-order valence-corrected chi connectivity index (χ0v) is 21.2. The fourth-order valence-electron chi connectivity index (χ4n) is 4.55. The van der Waals surface area contributed by atoms with Crippen molar-refractivity contribution in [3.05, 3.63) is 102 Å². The number of aryl methyl sites for hydroxylation is 1. The number of carboxylic acids is 1. The molecule has 8 nitrogen and oxygen atoms in total. The van der Waals surface area contributed by atoms with E-state index in [-0.39, 0.29) is 18.7 Å². The summed E-state index contributed by atoms with van der Waals surface area (Å²) >= 11 is 0. The molecule has 0 spiro atoms. The lowest BCUT2D eigenvalue weighted by atomic mass is 9.96. The Balaban J connectivity index is 1.59. The molecule has 1 N–H and O–H groups in total. The number of rotatable bonds is 8. The maximum atomic E-state index is 13.3. The third kappa shape index (κ3) is 5.20. The van der Waals surface area contributed by atoms with Gasteiger partial charge in [-0.05, 0) is 48.9 Å². The molecule has 0 saturated heterocycles. The van der Waals surface area contributed by atoms with Gasteiger partial charge < -0.3 is 9.84 Å². The van der Waals surface area contributed by atoms with Crippen molar-refractivity contribution in [3.8, 4) is 22.7 Å². The Kier molecular flexibility index (Phi) is 7.04. The Hall–Kier alpha value is -4.72. The van der Waals surface area contributed by atoms with Crippen molar-refractivity contribution >= 4 is 17.6 Å². The van der Waals surface area contributed by atoms with Crippen LogP contribution < -0.4 is 4.74 Å². The molecule has 0 saturated carbocycles. The summed E-state index contributed by atoms with van der Waals surface area (Å²) in [6.45, 7) is 2.03. The van der Waals surface area contributed by atoms with Crippen LogP contribution >= 0.6 is 0 Å². The van der Waals surface area contributed by atoms with Gasteiger partial charge in [0.1, 0.15) is 5.75 Å². The third-order valence-corrected chi connectivity index (χ3v) is 6.59. The minimum Gasteiger partial charge on any atom is -0.497 e. The number of para-hydroxylation sites is 1. The minimum absolute atomic E-state index is 0.141. The number of aliphatic carboxylic acids is 1. The van der Waals surface area contributed by atoms with Crippen molar-refractivity contribution in [3.63, 3.8) is 0 Å². The van der Waals surface area contributed by atoms with Gasteiger partial charge in [0.25, 0.3) is 0 Å². The number of methoxy groups -OCH3 is 1. The summed E-state index contributed by atoms with van der Waals surface area (Å²) in [6, 6.07) is 25.0. The van der Waals surface area contributed by atoms with E-state index < -0.39 is 12.0 Å². The first kappa shape index (κ1) is 25.0. The maximum absolute atomic E-state index is 13.3. The predicted molar refractivity (Wildman–Crippen MR) is 144 cm³/mol. The lowest BCUT2D eigenvalue weighted by Gasteiger charge is -2.21. The summed E-state index contributed by atoms with van der Waals surface area (Å²) in [5.74, 6) is -0.641. The lowest BCUT2D eigenvalue weighted by Crippen LogP contribution is -2.27. The number of aromatic nitrogens is 2. The standard InChI is InChI=1S/C30H28N4O4/c1-20-8-10-22(11-9-20)30-25(19-33(32-30)23-6-4-3-5-7-23)27-18-26(21-12-14-24(38-2)15-13-21)31-34(27)28(35)16-17-29(36)37/h3-15,19,27H,16-18H2,1-2H3,(H,36,37)/t27-/m0/s1. The molecule has 1 aromatic heterocycles. The Morgan fingerprint density at radius 1 is 0.947 bits per heavy atom. The van der Waals surface area contributed by atoms with Crippen molar-refractivity contribution < 1.29 is 19.4 Å². The van der Waals surface area contributed by atoms with E-state index >= 15 is 0 Å². The molecule has 4 aromatic rings. The van der Waals surface area contributed by atoms with Crippen LogP contribution in [0.15, 0.2) is 90.2 Å². The molecule has 1 aliphatic rings. The summed E-state index contributed by atoms with van der Waals surface area (Å²) < 4.78 is 7.10. The Labute approximate surface area is 220 Å². The third-order valence-electron chi connectivity index (χ3n) is 6.59. The van der Waals surface area contributed by atoms with Gasteiger partial charge in [-0.3, -0.25) is 9.59 Å². The van der Waals surface area contributed by atoms with Gasteiger partial charge in [0.15, 0.2) is 0 Å². The van der Waals surface area contributed by atoms with Gasteiger partial charge >= 0.3 is 5.97 Å². The molecule has 0 bridgehead atoms.